The smallest absolute Gasteiger partial charge is 0.224 e. The molecule has 1 fully saturated rings. The van der Waals surface area contributed by atoms with Gasteiger partial charge >= 0.3 is 0 Å². The van der Waals surface area contributed by atoms with Gasteiger partial charge in [-0.1, -0.05) is 12.8 Å². The lowest BCUT2D eigenvalue weighted by atomic mass is 10.1. The molecule has 0 aliphatic carbocycles. The highest BCUT2D eigenvalue weighted by molar-refractivity contribution is 5.88. The molecular weight excluding hydrogens is 316 g/mol. The van der Waals surface area contributed by atoms with Crippen LogP contribution in [0.25, 0.3) is 11.0 Å². The minimum atomic E-state index is 0.0504. The molecule has 0 bridgehead atoms. The van der Waals surface area contributed by atoms with E-state index in [1.54, 1.807) is 13.4 Å². The van der Waals surface area contributed by atoms with Crippen LogP contribution in [0.3, 0.4) is 0 Å². The Balaban J connectivity index is 1.43. The maximum atomic E-state index is 12.2. The molecule has 1 N–H and O–H groups in total. The van der Waals surface area contributed by atoms with E-state index in [0.29, 0.717) is 6.42 Å². The number of carbonyl (C=O) groups is 1. The molecule has 0 unspecified atom stereocenters. The van der Waals surface area contributed by atoms with Gasteiger partial charge in [-0.25, -0.2) is 0 Å². The second kappa shape index (κ2) is 8.90. The lowest BCUT2D eigenvalue weighted by Crippen LogP contribution is -2.31. The molecule has 0 atom stereocenters. The fourth-order valence-electron chi connectivity index (χ4n) is 3.45. The molecule has 2 heterocycles. The van der Waals surface area contributed by atoms with Crippen LogP contribution in [-0.4, -0.2) is 44.1 Å². The van der Waals surface area contributed by atoms with Gasteiger partial charge in [0.2, 0.25) is 5.91 Å². The van der Waals surface area contributed by atoms with Gasteiger partial charge in [0.1, 0.15) is 11.3 Å². The molecule has 1 aromatic heterocycles. The quantitative estimate of drug-likeness (QED) is 0.783. The molecule has 1 aliphatic heterocycles. The number of ether oxygens (including phenoxy) is 1. The number of likely N-dealkylation sites (tertiary alicyclic amines) is 1. The van der Waals surface area contributed by atoms with E-state index in [1.165, 1.54) is 38.8 Å². The third-order valence-electron chi connectivity index (χ3n) is 4.89. The van der Waals surface area contributed by atoms with Crippen molar-refractivity contribution < 1.29 is 13.9 Å². The van der Waals surface area contributed by atoms with E-state index in [2.05, 4.69) is 10.2 Å². The topological polar surface area (TPSA) is 54.7 Å². The first-order chi connectivity index (χ1) is 12.3. The predicted octanol–water partition coefficient (Wildman–Crippen LogP) is 3.37. The van der Waals surface area contributed by atoms with Crippen LogP contribution in [0.2, 0.25) is 0 Å². The second-order valence-electron chi connectivity index (χ2n) is 6.76. The van der Waals surface area contributed by atoms with Gasteiger partial charge in [-0.2, -0.15) is 0 Å². The third-order valence-corrected chi connectivity index (χ3v) is 4.89. The van der Waals surface area contributed by atoms with Crippen molar-refractivity contribution in [3.63, 3.8) is 0 Å². The van der Waals surface area contributed by atoms with Crippen molar-refractivity contribution in [2.45, 2.75) is 38.5 Å². The number of nitrogens with zero attached hydrogens (tertiary/aromatic N) is 1. The Morgan fingerprint density at radius 3 is 2.80 bits per heavy atom. The zero-order valence-electron chi connectivity index (χ0n) is 15.1. The first-order valence-corrected chi connectivity index (χ1v) is 9.29. The summed E-state index contributed by atoms with van der Waals surface area (Å²) in [4.78, 5) is 14.7. The molecule has 0 saturated carbocycles. The van der Waals surface area contributed by atoms with Crippen molar-refractivity contribution in [1.29, 1.82) is 0 Å². The van der Waals surface area contributed by atoms with Crippen molar-refractivity contribution in [2.24, 2.45) is 0 Å². The number of amides is 1. The summed E-state index contributed by atoms with van der Waals surface area (Å²) in [7, 11) is 1.63. The molecule has 1 aromatic carbocycles. The average molecular weight is 344 g/mol. The van der Waals surface area contributed by atoms with Crippen LogP contribution in [0.5, 0.6) is 5.75 Å². The van der Waals surface area contributed by atoms with Gasteiger partial charge in [0.15, 0.2) is 0 Å². The SMILES string of the molecule is COc1ccc2c(CC(=O)NCCCN3CCCCCC3)coc2c1. The fraction of sp³-hybridized carbons (Fsp3) is 0.550. The Kier molecular flexibility index (Phi) is 6.34. The number of methoxy groups -OCH3 is 1. The molecule has 5 nitrogen and oxygen atoms in total. The van der Waals surface area contributed by atoms with Gasteiger partial charge in [0, 0.05) is 23.6 Å². The summed E-state index contributed by atoms with van der Waals surface area (Å²) in [6.07, 6.45) is 8.37. The van der Waals surface area contributed by atoms with E-state index in [-0.39, 0.29) is 5.91 Å². The Bertz CT molecular complexity index is 687. The highest BCUT2D eigenvalue weighted by Crippen LogP contribution is 2.25. The van der Waals surface area contributed by atoms with Gasteiger partial charge in [-0.05, 0) is 51.0 Å². The van der Waals surface area contributed by atoms with Crippen LogP contribution in [0, 0.1) is 0 Å². The summed E-state index contributed by atoms with van der Waals surface area (Å²) in [5.41, 5.74) is 1.67. The highest BCUT2D eigenvalue weighted by Gasteiger charge is 2.12. The van der Waals surface area contributed by atoms with Gasteiger partial charge in [-0.15, -0.1) is 0 Å². The number of rotatable bonds is 7. The first-order valence-electron chi connectivity index (χ1n) is 9.29. The Morgan fingerprint density at radius 1 is 1.24 bits per heavy atom. The average Bonchev–Trinajstić information content (AvgIpc) is 2.84. The van der Waals surface area contributed by atoms with E-state index in [0.717, 1.165) is 41.8 Å². The molecule has 0 spiro atoms. The minimum Gasteiger partial charge on any atom is -0.497 e. The van der Waals surface area contributed by atoms with E-state index < -0.39 is 0 Å². The zero-order valence-corrected chi connectivity index (χ0v) is 15.1. The molecular formula is C20H28N2O3. The van der Waals surface area contributed by atoms with Gasteiger partial charge in [0.05, 0.1) is 19.8 Å². The van der Waals surface area contributed by atoms with Crippen LogP contribution >= 0.6 is 0 Å². The van der Waals surface area contributed by atoms with Crippen molar-refractivity contribution in [3.8, 4) is 5.75 Å². The Morgan fingerprint density at radius 2 is 2.04 bits per heavy atom. The van der Waals surface area contributed by atoms with Crippen molar-refractivity contribution in [1.82, 2.24) is 10.2 Å². The largest absolute Gasteiger partial charge is 0.497 e. The number of benzene rings is 1. The highest BCUT2D eigenvalue weighted by atomic mass is 16.5. The monoisotopic (exact) mass is 344 g/mol. The van der Waals surface area contributed by atoms with Crippen LogP contribution in [0.15, 0.2) is 28.9 Å². The van der Waals surface area contributed by atoms with Gasteiger partial charge < -0.3 is 19.4 Å². The zero-order chi connectivity index (χ0) is 17.5. The van der Waals surface area contributed by atoms with Crippen LogP contribution in [0.4, 0.5) is 0 Å². The maximum absolute atomic E-state index is 12.2. The molecule has 1 amide bonds. The van der Waals surface area contributed by atoms with E-state index >= 15 is 0 Å². The molecule has 2 aromatic rings. The normalized spacial score (nSPS) is 15.9. The summed E-state index contributed by atoms with van der Waals surface area (Å²) in [6.45, 7) is 4.23. The summed E-state index contributed by atoms with van der Waals surface area (Å²) in [6, 6.07) is 5.68. The van der Waals surface area contributed by atoms with Crippen LogP contribution in [0.1, 0.15) is 37.7 Å². The number of hydrogen-bond acceptors (Lipinski definition) is 4. The Hall–Kier alpha value is -2.01. The Labute approximate surface area is 149 Å². The molecule has 136 valence electrons. The summed E-state index contributed by atoms with van der Waals surface area (Å²) in [5.74, 6) is 0.806. The number of fused-ring (bicyclic) bond motifs is 1. The lowest BCUT2D eigenvalue weighted by molar-refractivity contribution is -0.120. The predicted molar refractivity (Wildman–Crippen MR) is 99.0 cm³/mol. The van der Waals surface area contributed by atoms with E-state index in [4.69, 9.17) is 9.15 Å². The van der Waals surface area contributed by atoms with E-state index in [9.17, 15) is 4.79 Å². The number of hydrogen-bond donors (Lipinski definition) is 1. The second-order valence-corrected chi connectivity index (χ2v) is 6.76. The standard InChI is InChI=1S/C20H28N2O3/c1-24-17-7-8-18-16(15-25-19(18)14-17)13-20(23)21-9-6-12-22-10-4-2-3-5-11-22/h7-8,14-15H,2-6,9-13H2,1H3,(H,21,23). The molecule has 1 saturated heterocycles. The third kappa shape index (κ3) is 4.98. The summed E-state index contributed by atoms with van der Waals surface area (Å²) >= 11 is 0. The van der Waals surface area contributed by atoms with Crippen molar-refractivity contribution in [3.05, 3.63) is 30.0 Å². The van der Waals surface area contributed by atoms with Crippen molar-refractivity contribution >= 4 is 16.9 Å². The lowest BCUT2D eigenvalue weighted by Gasteiger charge is -2.19. The maximum Gasteiger partial charge on any atom is 0.224 e. The molecule has 3 rings (SSSR count). The number of carbonyl (C=O) groups excluding carboxylic acids is 1. The van der Waals surface area contributed by atoms with E-state index in [1.807, 2.05) is 18.2 Å². The fourth-order valence-corrected chi connectivity index (χ4v) is 3.45. The minimum absolute atomic E-state index is 0.0504. The van der Waals surface area contributed by atoms with Gasteiger partial charge in [-0.3, -0.25) is 4.79 Å². The molecule has 25 heavy (non-hydrogen) atoms. The van der Waals surface area contributed by atoms with Crippen molar-refractivity contribution in [2.75, 3.05) is 33.3 Å². The van der Waals surface area contributed by atoms with Crippen LogP contribution < -0.4 is 10.1 Å². The van der Waals surface area contributed by atoms with Gasteiger partial charge in [0.25, 0.3) is 0 Å². The molecule has 0 radical (unpaired) electrons. The first kappa shape index (κ1) is 17.8. The van der Waals surface area contributed by atoms with Crippen LogP contribution in [-0.2, 0) is 11.2 Å². The molecule has 1 aliphatic rings. The number of nitrogens with one attached hydrogen (secondary N) is 1. The number of furan rings is 1. The molecule has 5 heteroatoms. The summed E-state index contributed by atoms with van der Waals surface area (Å²) < 4.78 is 10.7. The summed E-state index contributed by atoms with van der Waals surface area (Å²) in [5, 5.41) is 4.00.